The highest BCUT2D eigenvalue weighted by Crippen LogP contribution is 2.22. The lowest BCUT2D eigenvalue weighted by Crippen LogP contribution is -2.40. The van der Waals surface area contributed by atoms with Crippen molar-refractivity contribution in [2.45, 2.75) is 38.1 Å². The maximum Gasteiger partial charge on any atom is 0.260 e. The smallest absolute Gasteiger partial charge is 0.260 e. The van der Waals surface area contributed by atoms with Gasteiger partial charge in [-0.1, -0.05) is 43.6 Å². The molecule has 2 N–H and O–H groups in total. The van der Waals surface area contributed by atoms with Crippen molar-refractivity contribution < 1.29 is 9.53 Å². The van der Waals surface area contributed by atoms with Gasteiger partial charge >= 0.3 is 0 Å². The number of likely N-dealkylation sites (N-methyl/N-ethyl adjacent to an activating group) is 1. The van der Waals surface area contributed by atoms with Crippen LogP contribution in [0, 0.1) is 0 Å². The summed E-state index contributed by atoms with van der Waals surface area (Å²) in [6.07, 6.45) is 5.86. The number of amides is 1. The topological polar surface area (TPSA) is 55.6 Å². The Kier molecular flexibility index (Phi) is 5.56. The zero-order valence-electron chi connectivity index (χ0n) is 12.4. The average molecular weight is 306 g/mol. The van der Waals surface area contributed by atoms with Gasteiger partial charge in [0.05, 0.1) is 5.56 Å². The fourth-order valence-corrected chi connectivity index (χ4v) is 2.88. The third-order valence-corrected chi connectivity index (χ3v) is 4.24. The van der Waals surface area contributed by atoms with E-state index in [9.17, 15) is 4.79 Å². The van der Waals surface area contributed by atoms with E-state index in [-0.39, 0.29) is 17.5 Å². The molecular formula is C16H22N2O2S. The molecule has 2 rings (SSSR count). The van der Waals surface area contributed by atoms with Crippen molar-refractivity contribution in [3.63, 3.8) is 0 Å². The van der Waals surface area contributed by atoms with Gasteiger partial charge in [-0.25, -0.2) is 0 Å². The van der Waals surface area contributed by atoms with Crippen LogP contribution in [0.1, 0.15) is 37.7 Å². The summed E-state index contributed by atoms with van der Waals surface area (Å²) in [5.74, 6) is 0.565. The number of nitrogens with zero attached hydrogens (tertiary/aromatic N) is 1. The molecule has 1 aromatic rings. The number of benzene rings is 1. The molecule has 0 unspecified atom stereocenters. The lowest BCUT2D eigenvalue weighted by Gasteiger charge is -2.31. The van der Waals surface area contributed by atoms with Crippen molar-refractivity contribution in [1.29, 1.82) is 0 Å². The van der Waals surface area contributed by atoms with Gasteiger partial charge in [0.25, 0.3) is 5.91 Å². The molecule has 5 heteroatoms. The van der Waals surface area contributed by atoms with Gasteiger partial charge in [-0.15, -0.1) is 0 Å². The quantitative estimate of drug-likeness (QED) is 0.849. The first-order valence-electron chi connectivity index (χ1n) is 7.37. The molecular weight excluding hydrogens is 284 g/mol. The number of nitrogens with two attached hydrogens (primary N) is 1. The van der Waals surface area contributed by atoms with Gasteiger partial charge in [0.1, 0.15) is 10.7 Å². The highest BCUT2D eigenvalue weighted by atomic mass is 32.1. The highest BCUT2D eigenvalue weighted by molar-refractivity contribution is 7.80. The van der Waals surface area contributed by atoms with E-state index < -0.39 is 0 Å². The van der Waals surface area contributed by atoms with Crippen LogP contribution in [0.2, 0.25) is 0 Å². The second-order valence-corrected chi connectivity index (χ2v) is 5.89. The first-order chi connectivity index (χ1) is 10.1. The van der Waals surface area contributed by atoms with Crippen molar-refractivity contribution in [1.82, 2.24) is 4.90 Å². The van der Waals surface area contributed by atoms with Crippen LogP contribution in [-0.4, -0.2) is 35.5 Å². The Hall–Kier alpha value is -1.62. The summed E-state index contributed by atoms with van der Waals surface area (Å²) in [5.41, 5.74) is 6.32. The predicted octanol–water partition coefficient (Wildman–Crippen LogP) is 2.49. The molecule has 0 saturated heterocycles. The summed E-state index contributed by atoms with van der Waals surface area (Å²) < 4.78 is 5.61. The van der Waals surface area contributed by atoms with Gasteiger partial charge < -0.3 is 15.4 Å². The van der Waals surface area contributed by atoms with Gasteiger partial charge in [0, 0.05) is 13.1 Å². The molecule has 0 heterocycles. The van der Waals surface area contributed by atoms with Gasteiger partial charge in [-0.3, -0.25) is 4.79 Å². The zero-order chi connectivity index (χ0) is 15.2. The Balaban J connectivity index is 1.93. The molecule has 1 aliphatic rings. The number of carbonyl (C=O) groups excluding carboxylic acids is 1. The van der Waals surface area contributed by atoms with Crippen molar-refractivity contribution in [3.8, 4) is 5.75 Å². The molecule has 1 aromatic carbocycles. The van der Waals surface area contributed by atoms with Crippen LogP contribution in [0.3, 0.4) is 0 Å². The molecule has 0 bridgehead atoms. The Labute approximate surface area is 131 Å². The fraction of sp³-hybridized carbons (Fsp3) is 0.500. The molecule has 21 heavy (non-hydrogen) atoms. The third-order valence-electron chi connectivity index (χ3n) is 4.02. The number of para-hydroxylation sites is 1. The summed E-state index contributed by atoms with van der Waals surface area (Å²) in [6, 6.07) is 7.61. The monoisotopic (exact) mass is 306 g/mol. The van der Waals surface area contributed by atoms with Crippen molar-refractivity contribution >= 4 is 23.1 Å². The van der Waals surface area contributed by atoms with E-state index in [4.69, 9.17) is 22.7 Å². The number of hydrogen-bond acceptors (Lipinski definition) is 3. The van der Waals surface area contributed by atoms with E-state index >= 15 is 0 Å². The Morgan fingerprint density at radius 1 is 1.33 bits per heavy atom. The van der Waals surface area contributed by atoms with Gasteiger partial charge in [-0.2, -0.15) is 0 Å². The lowest BCUT2D eigenvalue weighted by atomic mass is 9.94. The van der Waals surface area contributed by atoms with Gasteiger partial charge in [-0.05, 0) is 25.0 Å². The Morgan fingerprint density at radius 2 is 2.00 bits per heavy atom. The van der Waals surface area contributed by atoms with Crippen LogP contribution in [0.5, 0.6) is 5.75 Å². The van der Waals surface area contributed by atoms with E-state index in [0.29, 0.717) is 17.4 Å². The summed E-state index contributed by atoms with van der Waals surface area (Å²) in [5, 5.41) is 0. The second-order valence-electron chi connectivity index (χ2n) is 5.45. The molecule has 1 fully saturated rings. The van der Waals surface area contributed by atoms with E-state index in [1.165, 1.54) is 19.3 Å². The molecule has 1 saturated carbocycles. The number of ether oxygens (including phenoxy) is 1. The molecule has 0 radical (unpaired) electrons. The molecule has 0 atom stereocenters. The molecule has 114 valence electrons. The first kappa shape index (κ1) is 15.8. The van der Waals surface area contributed by atoms with E-state index in [1.54, 1.807) is 12.1 Å². The van der Waals surface area contributed by atoms with Gasteiger partial charge in [0.2, 0.25) is 0 Å². The minimum absolute atomic E-state index is 0.000331. The maximum absolute atomic E-state index is 12.2. The van der Waals surface area contributed by atoms with Crippen LogP contribution in [-0.2, 0) is 4.79 Å². The minimum atomic E-state index is -0.000331. The van der Waals surface area contributed by atoms with E-state index in [2.05, 4.69) is 0 Å². The SMILES string of the molecule is CN(C(=O)COc1ccccc1C(N)=S)C1CCCCC1. The van der Waals surface area contributed by atoms with Crippen LogP contribution < -0.4 is 10.5 Å². The number of carbonyl (C=O) groups is 1. The fourth-order valence-electron chi connectivity index (χ4n) is 2.71. The standard InChI is InChI=1S/C16H22N2O2S/c1-18(12-7-3-2-4-8-12)15(19)11-20-14-10-6-5-9-13(14)16(17)21/h5-6,9-10,12H,2-4,7-8,11H2,1H3,(H2,17,21). The normalized spacial score (nSPS) is 15.5. The number of thiocarbonyl (C=S) groups is 1. The molecule has 0 spiro atoms. The Bertz CT molecular complexity index is 513. The van der Waals surface area contributed by atoms with Crippen LogP contribution >= 0.6 is 12.2 Å². The van der Waals surface area contributed by atoms with Crippen LogP contribution in [0.25, 0.3) is 0 Å². The number of rotatable bonds is 5. The summed E-state index contributed by atoms with van der Waals surface area (Å²) in [6.45, 7) is 0.0205. The predicted molar refractivity (Wildman–Crippen MR) is 87.5 cm³/mol. The lowest BCUT2D eigenvalue weighted by molar-refractivity contribution is -0.134. The highest BCUT2D eigenvalue weighted by Gasteiger charge is 2.22. The zero-order valence-corrected chi connectivity index (χ0v) is 13.2. The van der Waals surface area contributed by atoms with Crippen molar-refractivity contribution in [2.75, 3.05) is 13.7 Å². The second kappa shape index (κ2) is 7.41. The van der Waals surface area contributed by atoms with Crippen LogP contribution in [0.4, 0.5) is 0 Å². The third kappa shape index (κ3) is 4.17. The maximum atomic E-state index is 12.2. The summed E-state index contributed by atoms with van der Waals surface area (Å²) in [7, 11) is 1.86. The minimum Gasteiger partial charge on any atom is -0.483 e. The van der Waals surface area contributed by atoms with E-state index in [1.807, 2.05) is 24.1 Å². The van der Waals surface area contributed by atoms with Crippen molar-refractivity contribution in [3.05, 3.63) is 29.8 Å². The Morgan fingerprint density at radius 3 is 2.67 bits per heavy atom. The molecule has 1 amide bonds. The number of hydrogen-bond donors (Lipinski definition) is 1. The first-order valence-corrected chi connectivity index (χ1v) is 7.77. The largest absolute Gasteiger partial charge is 0.483 e. The van der Waals surface area contributed by atoms with Gasteiger partial charge in [0.15, 0.2) is 6.61 Å². The summed E-state index contributed by atoms with van der Waals surface area (Å²) in [4.78, 5) is 14.3. The summed E-state index contributed by atoms with van der Waals surface area (Å²) >= 11 is 4.99. The molecule has 4 nitrogen and oxygen atoms in total. The molecule has 1 aliphatic carbocycles. The van der Waals surface area contributed by atoms with E-state index in [0.717, 1.165) is 12.8 Å². The van der Waals surface area contributed by atoms with Crippen molar-refractivity contribution in [2.24, 2.45) is 5.73 Å². The van der Waals surface area contributed by atoms with Crippen LogP contribution in [0.15, 0.2) is 24.3 Å². The molecule has 0 aromatic heterocycles. The molecule has 0 aliphatic heterocycles. The average Bonchev–Trinajstić information content (AvgIpc) is 2.52.